The molecule has 19 heavy (non-hydrogen) atoms. The van der Waals surface area contributed by atoms with Gasteiger partial charge in [0.2, 0.25) is 0 Å². The minimum absolute atomic E-state index is 0.0563. The second kappa shape index (κ2) is 4.89. The van der Waals surface area contributed by atoms with Crippen LogP contribution in [0.4, 0.5) is 10.5 Å². The molecule has 1 aromatic carbocycles. The molecule has 3 rings (SSSR count). The number of rotatable bonds is 3. The molecule has 2 aromatic rings. The number of hydrogen-bond donors (Lipinski definition) is 0. The molecule has 1 aliphatic heterocycles. The van der Waals surface area contributed by atoms with E-state index in [1.165, 1.54) is 17.6 Å². The summed E-state index contributed by atoms with van der Waals surface area (Å²) < 4.78 is 6.88. The van der Waals surface area contributed by atoms with Gasteiger partial charge in [0.1, 0.15) is 6.10 Å². The van der Waals surface area contributed by atoms with E-state index >= 15 is 0 Å². The number of cyclic esters (lactones) is 1. The number of nitrogens with zero attached hydrogens (tertiary/aromatic N) is 2. The molecule has 1 saturated heterocycles. The van der Waals surface area contributed by atoms with Crippen LogP contribution in [0.1, 0.15) is 0 Å². The van der Waals surface area contributed by atoms with Crippen molar-refractivity contribution < 1.29 is 9.53 Å². The van der Waals surface area contributed by atoms with Gasteiger partial charge in [-0.2, -0.15) is 0 Å². The summed E-state index contributed by atoms with van der Waals surface area (Å²) in [5.74, 6) is 0. The first-order valence-electron chi connectivity index (χ1n) is 5.92. The molecule has 1 unspecified atom stereocenters. The highest BCUT2D eigenvalue weighted by molar-refractivity contribution is 7.04. The van der Waals surface area contributed by atoms with Crippen LogP contribution in [-0.2, 0) is 11.3 Å². The minimum Gasteiger partial charge on any atom is -0.442 e. The third kappa shape index (κ3) is 2.39. The zero-order valence-corrected chi connectivity index (χ0v) is 10.9. The smallest absolute Gasteiger partial charge is 0.414 e. The molecule has 1 atom stereocenters. The van der Waals surface area contributed by atoms with E-state index in [4.69, 9.17) is 4.74 Å². The maximum absolute atomic E-state index is 11.8. The Morgan fingerprint density at radius 2 is 2.00 bits per heavy atom. The number of carbonyl (C=O) groups is 1. The lowest BCUT2D eigenvalue weighted by atomic mass is 10.3. The molecule has 1 amide bonds. The van der Waals surface area contributed by atoms with E-state index < -0.39 is 0 Å². The molecular formula is C13H12N2O3S. The zero-order chi connectivity index (χ0) is 13.2. The van der Waals surface area contributed by atoms with E-state index in [0.717, 1.165) is 5.69 Å². The number of benzene rings is 1. The molecule has 1 aromatic heterocycles. The van der Waals surface area contributed by atoms with E-state index in [2.05, 4.69) is 0 Å². The molecule has 0 aliphatic carbocycles. The van der Waals surface area contributed by atoms with Crippen molar-refractivity contribution in [1.29, 1.82) is 0 Å². The summed E-state index contributed by atoms with van der Waals surface area (Å²) in [5.41, 5.74) is 0.757. The van der Waals surface area contributed by atoms with Crippen LogP contribution in [0.25, 0.3) is 0 Å². The Hall–Kier alpha value is -2.08. The lowest BCUT2D eigenvalue weighted by Crippen LogP contribution is -2.27. The lowest BCUT2D eigenvalue weighted by Gasteiger charge is -2.12. The maximum Gasteiger partial charge on any atom is 0.414 e. The molecule has 5 nitrogen and oxygen atoms in total. The van der Waals surface area contributed by atoms with E-state index in [0.29, 0.717) is 13.1 Å². The molecule has 2 heterocycles. The number of hydrogen-bond acceptors (Lipinski definition) is 4. The van der Waals surface area contributed by atoms with Gasteiger partial charge in [-0.05, 0) is 12.1 Å². The Balaban J connectivity index is 1.74. The number of para-hydroxylation sites is 1. The molecule has 0 bridgehead atoms. The SMILES string of the molecule is O=C1OC(Cn2sccc2=O)CN1c1ccccc1. The Morgan fingerprint density at radius 3 is 2.68 bits per heavy atom. The molecule has 0 saturated carbocycles. The van der Waals surface area contributed by atoms with Gasteiger partial charge in [-0.1, -0.05) is 29.7 Å². The number of anilines is 1. The number of aromatic nitrogens is 1. The van der Waals surface area contributed by atoms with Crippen LogP contribution >= 0.6 is 11.5 Å². The van der Waals surface area contributed by atoms with Crippen LogP contribution in [0.3, 0.4) is 0 Å². The Labute approximate surface area is 113 Å². The van der Waals surface area contributed by atoms with Gasteiger partial charge in [0.05, 0.1) is 13.1 Å². The average molecular weight is 276 g/mol. The van der Waals surface area contributed by atoms with Crippen LogP contribution in [0.2, 0.25) is 0 Å². The zero-order valence-electron chi connectivity index (χ0n) is 10.1. The Kier molecular flexibility index (Phi) is 3.08. The van der Waals surface area contributed by atoms with Crippen molar-refractivity contribution in [2.24, 2.45) is 0 Å². The first-order valence-corrected chi connectivity index (χ1v) is 6.76. The third-order valence-corrected chi connectivity index (χ3v) is 3.80. The Morgan fingerprint density at radius 1 is 1.21 bits per heavy atom. The van der Waals surface area contributed by atoms with Crippen LogP contribution < -0.4 is 10.5 Å². The standard InChI is InChI=1S/C13H12N2O3S/c16-12-6-7-19-15(12)9-11-8-14(13(17)18-11)10-4-2-1-3-5-10/h1-7,11H,8-9H2. The largest absolute Gasteiger partial charge is 0.442 e. The summed E-state index contributed by atoms with van der Waals surface area (Å²) in [4.78, 5) is 24.9. The first-order chi connectivity index (χ1) is 9.24. The van der Waals surface area contributed by atoms with Crippen molar-refractivity contribution in [3.05, 3.63) is 52.1 Å². The van der Waals surface area contributed by atoms with Crippen molar-refractivity contribution in [3.8, 4) is 0 Å². The fourth-order valence-electron chi connectivity index (χ4n) is 2.05. The van der Waals surface area contributed by atoms with Gasteiger partial charge in [0, 0.05) is 17.1 Å². The number of ether oxygens (including phenoxy) is 1. The average Bonchev–Trinajstić information content (AvgIpc) is 2.98. The Bertz CT molecular complexity index is 635. The van der Waals surface area contributed by atoms with Gasteiger partial charge in [-0.3, -0.25) is 13.7 Å². The quantitative estimate of drug-likeness (QED) is 0.860. The van der Waals surface area contributed by atoms with Gasteiger partial charge in [-0.15, -0.1) is 0 Å². The van der Waals surface area contributed by atoms with Crippen LogP contribution in [0, 0.1) is 0 Å². The topological polar surface area (TPSA) is 51.5 Å². The fourth-order valence-corrected chi connectivity index (χ4v) is 2.79. The maximum atomic E-state index is 11.8. The monoisotopic (exact) mass is 276 g/mol. The molecule has 0 radical (unpaired) electrons. The van der Waals surface area contributed by atoms with Gasteiger partial charge >= 0.3 is 6.09 Å². The molecule has 1 aliphatic rings. The second-order valence-electron chi connectivity index (χ2n) is 4.26. The van der Waals surface area contributed by atoms with E-state index in [1.807, 2.05) is 30.3 Å². The molecule has 98 valence electrons. The fraction of sp³-hybridized carbons (Fsp3) is 0.231. The third-order valence-electron chi connectivity index (χ3n) is 2.96. The highest BCUT2D eigenvalue weighted by Gasteiger charge is 2.32. The minimum atomic E-state index is -0.360. The summed E-state index contributed by atoms with van der Waals surface area (Å²) in [7, 11) is 0. The summed E-state index contributed by atoms with van der Waals surface area (Å²) >= 11 is 1.33. The van der Waals surface area contributed by atoms with Crippen molar-refractivity contribution in [2.45, 2.75) is 12.6 Å². The molecule has 6 heteroatoms. The summed E-state index contributed by atoms with van der Waals surface area (Å²) in [6.45, 7) is 0.874. The number of amides is 1. The van der Waals surface area contributed by atoms with Crippen LogP contribution in [0.15, 0.2) is 46.6 Å². The summed E-state index contributed by atoms with van der Waals surface area (Å²) in [6.07, 6.45) is -0.648. The molecule has 0 spiro atoms. The molecule has 0 N–H and O–H groups in total. The highest BCUT2D eigenvalue weighted by atomic mass is 32.1. The van der Waals surface area contributed by atoms with Crippen LogP contribution in [-0.4, -0.2) is 22.7 Å². The predicted molar refractivity (Wildman–Crippen MR) is 72.6 cm³/mol. The van der Waals surface area contributed by atoms with Gasteiger partial charge in [-0.25, -0.2) is 4.79 Å². The predicted octanol–water partition coefficient (Wildman–Crippen LogP) is 1.94. The van der Waals surface area contributed by atoms with Crippen molar-refractivity contribution in [2.75, 3.05) is 11.4 Å². The van der Waals surface area contributed by atoms with Crippen LogP contribution in [0.5, 0.6) is 0 Å². The summed E-state index contributed by atoms with van der Waals surface area (Å²) in [5, 5.41) is 1.73. The normalized spacial score (nSPS) is 18.6. The van der Waals surface area contributed by atoms with E-state index in [-0.39, 0.29) is 17.8 Å². The second-order valence-corrected chi connectivity index (χ2v) is 5.18. The van der Waals surface area contributed by atoms with Crippen molar-refractivity contribution >= 4 is 23.3 Å². The molecular weight excluding hydrogens is 264 g/mol. The first kappa shape index (κ1) is 12.0. The van der Waals surface area contributed by atoms with Crippen molar-refractivity contribution in [3.63, 3.8) is 0 Å². The van der Waals surface area contributed by atoms with Gasteiger partial charge in [0.15, 0.2) is 0 Å². The van der Waals surface area contributed by atoms with Gasteiger partial charge < -0.3 is 4.74 Å². The van der Waals surface area contributed by atoms with Crippen molar-refractivity contribution in [1.82, 2.24) is 3.96 Å². The lowest BCUT2D eigenvalue weighted by molar-refractivity contribution is 0.133. The highest BCUT2D eigenvalue weighted by Crippen LogP contribution is 2.21. The van der Waals surface area contributed by atoms with E-state index in [1.54, 1.807) is 14.2 Å². The number of carbonyl (C=O) groups excluding carboxylic acids is 1. The molecule has 1 fully saturated rings. The van der Waals surface area contributed by atoms with E-state index in [9.17, 15) is 9.59 Å². The van der Waals surface area contributed by atoms with Gasteiger partial charge in [0.25, 0.3) is 5.56 Å². The summed E-state index contributed by atoms with van der Waals surface area (Å²) in [6, 6.07) is 10.9.